The first-order chi connectivity index (χ1) is 12.8. The van der Waals surface area contributed by atoms with Crippen LogP contribution in [0.5, 0.6) is 11.5 Å². The van der Waals surface area contributed by atoms with Crippen molar-refractivity contribution in [2.45, 2.75) is 6.61 Å². The number of carbonyl (C=O) groups excluding carboxylic acids is 1. The third-order valence-corrected chi connectivity index (χ3v) is 3.93. The maximum absolute atomic E-state index is 12.6. The van der Waals surface area contributed by atoms with E-state index in [4.69, 9.17) is 9.47 Å². The Balaban J connectivity index is 1.71. The van der Waals surface area contributed by atoms with Crippen LogP contribution in [0.15, 0.2) is 84.9 Å². The molecule has 0 unspecified atom stereocenters. The smallest absolute Gasteiger partial charge is 0.189 e. The zero-order valence-electron chi connectivity index (χ0n) is 14.6. The highest BCUT2D eigenvalue weighted by Gasteiger charge is 2.09. The van der Waals surface area contributed by atoms with Crippen molar-refractivity contribution in [1.29, 1.82) is 0 Å². The lowest BCUT2D eigenvalue weighted by Crippen LogP contribution is -2.02. The van der Waals surface area contributed by atoms with Crippen LogP contribution in [0.1, 0.15) is 21.5 Å². The molecule has 0 spiro atoms. The van der Waals surface area contributed by atoms with Crippen molar-refractivity contribution in [2.75, 3.05) is 7.11 Å². The first-order valence-electron chi connectivity index (χ1n) is 8.38. The van der Waals surface area contributed by atoms with E-state index in [9.17, 15) is 4.79 Å². The molecule has 3 nitrogen and oxygen atoms in total. The third kappa shape index (κ3) is 4.61. The molecule has 0 amide bonds. The standard InChI is InChI=1S/C23H20O3/c1-25-20-14-11-18(12-15-20)13-16-22(24)21-9-5-6-10-23(21)26-17-19-7-3-2-4-8-19/h2-16H,17H2,1H3/b16-13+. The molecule has 0 saturated carbocycles. The van der Waals surface area contributed by atoms with E-state index in [1.807, 2.05) is 72.8 Å². The monoisotopic (exact) mass is 344 g/mol. The maximum Gasteiger partial charge on any atom is 0.189 e. The minimum absolute atomic E-state index is 0.0931. The van der Waals surface area contributed by atoms with Gasteiger partial charge in [-0.2, -0.15) is 0 Å². The van der Waals surface area contributed by atoms with Crippen molar-refractivity contribution >= 4 is 11.9 Å². The molecule has 0 saturated heterocycles. The molecule has 0 fully saturated rings. The lowest BCUT2D eigenvalue weighted by atomic mass is 10.1. The number of carbonyl (C=O) groups is 1. The average Bonchev–Trinajstić information content (AvgIpc) is 2.72. The Labute approximate surface area is 153 Å². The van der Waals surface area contributed by atoms with Crippen LogP contribution < -0.4 is 9.47 Å². The van der Waals surface area contributed by atoms with Gasteiger partial charge in [0.25, 0.3) is 0 Å². The number of hydrogen-bond acceptors (Lipinski definition) is 3. The van der Waals surface area contributed by atoms with Gasteiger partial charge in [-0.15, -0.1) is 0 Å². The van der Waals surface area contributed by atoms with Crippen molar-refractivity contribution in [3.8, 4) is 11.5 Å². The van der Waals surface area contributed by atoms with E-state index in [1.54, 1.807) is 25.3 Å². The number of benzene rings is 3. The largest absolute Gasteiger partial charge is 0.497 e. The second-order valence-corrected chi connectivity index (χ2v) is 5.74. The summed E-state index contributed by atoms with van der Waals surface area (Å²) in [7, 11) is 1.63. The summed E-state index contributed by atoms with van der Waals surface area (Å²) in [4.78, 5) is 12.6. The first kappa shape index (κ1) is 17.5. The van der Waals surface area contributed by atoms with Crippen LogP contribution in [-0.2, 0) is 6.61 Å². The van der Waals surface area contributed by atoms with Crippen molar-refractivity contribution in [2.24, 2.45) is 0 Å². The molecule has 0 aliphatic carbocycles. The molecule has 0 aliphatic rings. The Morgan fingerprint density at radius 2 is 1.58 bits per heavy atom. The van der Waals surface area contributed by atoms with E-state index in [2.05, 4.69) is 0 Å². The molecule has 130 valence electrons. The molecule has 0 heterocycles. The lowest BCUT2D eigenvalue weighted by Gasteiger charge is -2.09. The minimum atomic E-state index is -0.0931. The van der Waals surface area contributed by atoms with Crippen LogP contribution >= 0.6 is 0 Å². The van der Waals surface area contributed by atoms with Crippen LogP contribution in [0, 0.1) is 0 Å². The summed E-state index contributed by atoms with van der Waals surface area (Å²) in [6.45, 7) is 0.424. The van der Waals surface area contributed by atoms with Crippen LogP contribution in [-0.4, -0.2) is 12.9 Å². The predicted octanol–water partition coefficient (Wildman–Crippen LogP) is 5.17. The second-order valence-electron chi connectivity index (χ2n) is 5.74. The number of para-hydroxylation sites is 1. The van der Waals surface area contributed by atoms with Crippen LogP contribution in [0.25, 0.3) is 6.08 Å². The molecular weight excluding hydrogens is 324 g/mol. The zero-order chi connectivity index (χ0) is 18.2. The van der Waals surface area contributed by atoms with Crippen LogP contribution in [0.4, 0.5) is 0 Å². The van der Waals surface area contributed by atoms with Gasteiger partial charge in [0, 0.05) is 0 Å². The Hall–Kier alpha value is -3.33. The van der Waals surface area contributed by atoms with E-state index in [1.165, 1.54) is 0 Å². The molecule has 0 atom stereocenters. The van der Waals surface area contributed by atoms with Crippen LogP contribution in [0.2, 0.25) is 0 Å². The molecule has 0 radical (unpaired) electrons. The minimum Gasteiger partial charge on any atom is -0.497 e. The van der Waals surface area contributed by atoms with Gasteiger partial charge in [0.2, 0.25) is 0 Å². The molecular formula is C23H20O3. The van der Waals surface area contributed by atoms with E-state index in [-0.39, 0.29) is 5.78 Å². The Morgan fingerprint density at radius 3 is 2.31 bits per heavy atom. The molecule has 3 aromatic carbocycles. The van der Waals surface area contributed by atoms with Gasteiger partial charge in [-0.1, -0.05) is 60.7 Å². The Bertz CT molecular complexity index is 881. The highest BCUT2D eigenvalue weighted by Crippen LogP contribution is 2.21. The number of ketones is 1. The fourth-order valence-corrected chi connectivity index (χ4v) is 2.51. The number of allylic oxidation sites excluding steroid dienone is 1. The quantitative estimate of drug-likeness (QED) is 0.438. The van der Waals surface area contributed by atoms with Gasteiger partial charge in [0.15, 0.2) is 5.78 Å². The molecule has 0 aromatic heterocycles. The van der Waals surface area contributed by atoms with E-state index in [0.717, 1.165) is 16.9 Å². The van der Waals surface area contributed by atoms with Gasteiger partial charge in [0.1, 0.15) is 18.1 Å². The summed E-state index contributed by atoms with van der Waals surface area (Å²) in [5, 5.41) is 0. The van der Waals surface area contributed by atoms with E-state index < -0.39 is 0 Å². The average molecular weight is 344 g/mol. The fourth-order valence-electron chi connectivity index (χ4n) is 2.51. The second kappa shape index (κ2) is 8.67. The highest BCUT2D eigenvalue weighted by atomic mass is 16.5. The van der Waals surface area contributed by atoms with Gasteiger partial charge in [-0.25, -0.2) is 0 Å². The molecule has 0 bridgehead atoms. The summed E-state index contributed by atoms with van der Waals surface area (Å²) in [5.41, 5.74) is 2.54. The van der Waals surface area contributed by atoms with Crippen molar-refractivity contribution in [3.05, 3.63) is 102 Å². The number of ether oxygens (including phenoxy) is 2. The normalized spacial score (nSPS) is 10.7. The van der Waals surface area contributed by atoms with Gasteiger partial charge >= 0.3 is 0 Å². The van der Waals surface area contributed by atoms with Gasteiger partial charge in [-0.05, 0) is 41.5 Å². The summed E-state index contributed by atoms with van der Waals surface area (Å²) in [6, 6.07) is 24.7. The first-order valence-corrected chi connectivity index (χ1v) is 8.38. The molecule has 3 heteroatoms. The molecule has 26 heavy (non-hydrogen) atoms. The SMILES string of the molecule is COc1ccc(/C=C/C(=O)c2ccccc2OCc2ccccc2)cc1. The predicted molar refractivity (Wildman–Crippen MR) is 104 cm³/mol. The van der Waals surface area contributed by atoms with Crippen molar-refractivity contribution < 1.29 is 14.3 Å². The number of methoxy groups -OCH3 is 1. The van der Waals surface area contributed by atoms with Gasteiger partial charge < -0.3 is 9.47 Å². The molecule has 0 aliphatic heterocycles. The van der Waals surface area contributed by atoms with E-state index >= 15 is 0 Å². The Kier molecular flexibility index (Phi) is 5.84. The molecule has 3 aromatic rings. The van der Waals surface area contributed by atoms with E-state index in [0.29, 0.717) is 17.9 Å². The zero-order valence-corrected chi connectivity index (χ0v) is 14.6. The summed E-state index contributed by atoms with van der Waals surface area (Å²) >= 11 is 0. The molecule has 0 N–H and O–H groups in total. The number of hydrogen-bond donors (Lipinski definition) is 0. The topological polar surface area (TPSA) is 35.5 Å². The fraction of sp³-hybridized carbons (Fsp3) is 0.0870. The van der Waals surface area contributed by atoms with Gasteiger partial charge in [0.05, 0.1) is 12.7 Å². The number of rotatable bonds is 7. The van der Waals surface area contributed by atoms with Crippen molar-refractivity contribution in [1.82, 2.24) is 0 Å². The summed E-state index contributed by atoms with van der Waals surface area (Å²) in [6.07, 6.45) is 3.35. The summed E-state index contributed by atoms with van der Waals surface area (Å²) < 4.78 is 11.0. The lowest BCUT2D eigenvalue weighted by molar-refractivity contribution is 0.104. The maximum atomic E-state index is 12.6. The van der Waals surface area contributed by atoms with Crippen molar-refractivity contribution in [3.63, 3.8) is 0 Å². The highest BCUT2D eigenvalue weighted by molar-refractivity contribution is 6.08. The van der Waals surface area contributed by atoms with Gasteiger partial charge in [-0.3, -0.25) is 4.79 Å². The Morgan fingerprint density at radius 1 is 0.885 bits per heavy atom. The van der Waals surface area contributed by atoms with Crippen LogP contribution in [0.3, 0.4) is 0 Å². The third-order valence-electron chi connectivity index (χ3n) is 3.93. The molecule has 3 rings (SSSR count). The summed E-state index contributed by atoms with van der Waals surface area (Å²) in [5.74, 6) is 1.28.